The number of allylic oxidation sites excluding steroid dienone is 2. The molecule has 0 fully saturated rings. The molecule has 0 aromatic carbocycles. The second-order valence-corrected chi connectivity index (χ2v) is 3.92. The molecule has 0 bridgehead atoms. The first kappa shape index (κ1) is 12.7. The summed E-state index contributed by atoms with van der Waals surface area (Å²) in [6, 6.07) is 0. The van der Waals surface area contributed by atoms with E-state index in [4.69, 9.17) is 0 Å². The van der Waals surface area contributed by atoms with Gasteiger partial charge in [-0.15, -0.1) is 0 Å². The molecule has 0 N–H and O–H groups in total. The molecule has 0 spiro atoms. The lowest BCUT2D eigenvalue weighted by Crippen LogP contribution is -1.96. The molecule has 0 heteroatoms. The molecule has 0 amide bonds. The Morgan fingerprint density at radius 2 is 1.54 bits per heavy atom. The third-order valence-electron chi connectivity index (χ3n) is 2.57. The fraction of sp³-hybridized carbons (Fsp3) is 0.846. The highest BCUT2D eigenvalue weighted by Gasteiger charge is 2.02. The van der Waals surface area contributed by atoms with E-state index in [0.29, 0.717) is 0 Å². The minimum absolute atomic E-state index is 0.858. The van der Waals surface area contributed by atoms with Crippen LogP contribution in [0.3, 0.4) is 0 Å². The predicted octanol–water partition coefficient (Wildman–Crippen LogP) is 4.95. The Labute approximate surface area is 84.4 Å². The van der Waals surface area contributed by atoms with Crippen LogP contribution in [0.1, 0.15) is 65.7 Å². The van der Waals surface area contributed by atoms with Crippen molar-refractivity contribution < 1.29 is 0 Å². The van der Waals surface area contributed by atoms with Gasteiger partial charge < -0.3 is 0 Å². The highest BCUT2D eigenvalue weighted by atomic mass is 14.1. The van der Waals surface area contributed by atoms with E-state index in [1.54, 1.807) is 0 Å². The van der Waals surface area contributed by atoms with Gasteiger partial charge in [-0.3, -0.25) is 0 Å². The van der Waals surface area contributed by atoms with Crippen LogP contribution in [-0.4, -0.2) is 0 Å². The zero-order valence-corrected chi connectivity index (χ0v) is 9.68. The number of hydrogen-bond acceptors (Lipinski definition) is 0. The normalized spacial score (nSPS) is 13.8. The second kappa shape index (κ2) is 9.83. The molecule has 0 aliphatic carbocycles. The lowest BCUT2D eigenvalue weighted by atomic mass is 9.95. The molecule has 0 nitrogen and oxygen atoms in total. The lowest BCUT2D eigenvalue weighted by Gasteiger charge is -2.11. The molecule has 0 heterocycles. The Kier molecular flexibility index (Phi) is 9.63. The van der Waals surface area contributed by atoms with Crippen molar-refractivity contribution in [3.63, 3.8) is 0 Å². The van der Waals surface area contributed by atoms with E-state index >= 15 is 0 Å². The van der Waals surface area contributed by atoms with Crippen LogP contribution in [0.5, 0.6) is 0 Å². The van der Waals surface area contributed by atoms with Gasteiger partial charge in [-0.25, -0.2) is 0 Å². The van der Waals surface area contributed by atoms with Gasteiger partial charge in [-0.05, 0) is 25.7 Å². The Morgan fingerprint density at radius 1 is 0.923 bits per heavy atom. The molecule has 0 aromatic heterocycles. The predicted molar refractivity (Wildman–Crippen MR) is 62.0 cm³/mol. The van der Waals surface area contributed by atoms with Crippen molar-refractivity contribution in [2.75, 3.05) is 0 Å². The van der Waals surface area contributed by atoms with Crippen molar-refractivity contribution in [3.8, 4) is 0 Å². The van der Waals surface area contributed by atoms with Crippen LogP contribution >= 0.6 is 0 Å². The Balaban J connectivity index is 3.54. The fourth-order valence-electron chi connectivity index (χ4n) is 1.73. The van der Waals surface area contributed by atoms with Gasteiger partial charge in [0.2, 0.25) is 0 Å². The minimum Gasteiger partial charge on any atom is -0.0914 e. The highest BCUT2D eigenvalue weighted by molar-refractivity contribution is 4.85. The summed E-state index contributed by atoms with van der Waals surface area (Å²) < 4.78 is 0. The van der Waals surface area contributed by atoms with Crippen LogP contribution in [0.4, 0.5) is 0 Å². The monoisotopic (exact) mass is 182 g/mol. The van der Waals surface area contributed by atoms with Crippen LogP contribution in [0.2, 0.25) is 0 Å². The van der Waals surface area contributed by atoms with Gasteiger partial charge in [0.1, 0.15) is 0 Å². The molecular formula is C13H26. The van der Waals surface area contributed by atoms with Gasteiger partial charge >= 0.3 is 0 Å². The van der Waals surface area contributed by atoms with Gasteiger partial charge in [-0.1, -0.05) is 58.1 Å². The van der Waals surface area contributed by atoms with Crippen LogP contribution in [-0.2, 0) is 0 Å². The highest BCUT2D eigenvalue weighted by Crippen LogP contribution is 2.17. The van der Waals surface area contributed by atoms with Crippen molar-refractivity contribution in [1.29, 1.82) is 0 Å². The van der Waals surface area contributed by atoms with Crippen molar-refractivity contribution >= 4 is 0 Å². The van der Waals surface area contributed by atoms with E-state index < -0.39 is 0 Å². The van der Waals surface area contributed by atoms with E-state index in [1.807, 2.05) is 0 Å². The maximum atomic E-state index is 2.39. The Hall–Kier alpha value is -0.260. The van der Waals surface area contributed by atoms with Crippen LogP contribution in [0, 0.1) is 5.92 Å². The van der Waals surface area contributed by atoms with Crippen molar-refractivity contribution in [2.24, 2.45) is 5.92 Å². The summed E-state index contributed by atoms with van der Waals surface area (Å²) >= 11 is 0. The largest absolute Gasteiger partial charge is 0.0914 e. The van der Waals surface area contributed by atoms with Gasteiger partial charge in [0.25, 0.3) is 0 Å². The van der Waals surface area contributed by atoms with Crippen molar-refractivity contribution in [3.05, 3.63) is 12.2 Å². The quantitative estimate of drug-likeness (QED) is 0.368. The molecule has 0 aliphatic rings. The molecule has 1 unspecified atom stereocenters. The van der Waals surface area contributed by atoms with Gasteiger partial charge in [-0.2, -0.15) is 0 Å². The molecule has 0 radical (unpaired) electrons. The molecule has 0 rings (SSSR count). The van der Waals surface area contributed by atoms with Gasteiger partial charge in [0.15, 0.2) is 0 Å². The first-order chi connectivity index (χ1) is 6.35. The van der Waals surface area contributed by atoms with E-state index in [2.05, 4.69) is 32.9 Å². The SMILES string of the molecule is C/C=C/C(CCCC)CCCCC. The van der Waals surface area contributed by atoms with E-state index in [1.165, 1.54) is 44.9 Å². The summed E-state index contributed by atoms with van der Waals surface area (Å²) in [4.78, 5) is 0. The summed E-state index contributed by atoms with van der Waals surface area (Å²) in [7, 11) is 0. The first-order valence-corrected chi connectivity index (χ1v) is 5.97. The van der Waals surface area contributed by atoms with Crippen LogP contribution in [0.15, 0.2) is 12.2 Å². The maximum Gasteiger partial charge on any atom is -0.0234 e. The number of unbranched alkanes of at least 4 members (excludes halogenated alkanes) is 3. The molecule has 1 atom stereocenters. The third-order valence-corrected chi connectivity index (χ3v) is 2.57. The van der Waals surface area contributed by atoms with E-state index in [0.717, 1.165) is 5.92 Å². The fourth-order valence-corrected chi connectivity index (χ4v) is 1.73. The Morgan fingerprint density at radius 3 is 2.08 bits per heavy atom. The third kappa shape index (κ3) is 8.08. The molecule has 13 heavy (non-hydrogen) atoms. The summed E-state index contributed by atoms with van der Waals surface area (Å²) in [5.41, 5.74) is 0. The molecule has 0 saturated carbocycles. The van der Waals surface area contributed by atoms with Crippen LogP contribution in [0.25, 0.3) is 0 Å². The summed E-state index contributed by atoms with van der Waals surface area (Å²) in [6.45, 7) is 6.69. The number of rotatable bonds is 8. The van der Waals surface area contributed by atoms with Gasteiger partial charge in [0, 0.05) is 0 Å². The van der Waals surface area contributed by atoms with Crippen LogP contribution < -0.4 is 0 Å². The summed E-state index contributed by atoms with van der Waals surface area (Å²) in [6.07, 6.45) is 14.3. The average Bonchev–Trinajstić information content (AvgIpc) is 2.14. The second-order valence-electron chi connectivity index (χ2n) is 3.92. The van der Waals surface area contributed by atoms with Crippen molar-refractivity contribution in [2.45, 2.75) is 65.7 Å². The first-order valence-electron chi connectivity index (χ1n) is 5.97. The maximum absolute atomic E-state index is 2.39. The zero-order chi connectivity index (χ0) is 9.94. The summed E-state index contributed by atoms with van der Waals surface area (Å²) in [5.74, 6) is 0.858. The average molecular weight is 182 g/mol. The summed E-state index contributed by atoms with van der Waals surface area (Å²) in [5, 5.41) is 0. The molecule has 0 aromatic rings. The smallest absolute Gasteiger partial charge is 0.0234 e. The topological polar surface area (TPSA) is 0 Å². The Bertz CT molecular complexity index is 113. The number of hydrogen-bond donors (Lipinski definition) is 0. The van der Waals surface area contributed by atoms with Gasteiger partial charge in [0.05, 0.1) is 0 Å². The van der Waals surface area contributed by atoms with E-state index in [-0.39, 0.29) is 0 Å². The van der Waals surface area contributed by atoms with E-state index in [9.17, 15) is 0 Å². The molecule has 0 saturated heterocycles. The zero-order valence-electron chi connectivity index (χ0n) is 9.68. The lowest BCUT2D eigenvalue weighted by molar-refractivity contribution is 0.488. The molecule has 78 valence electrons. The molecule has 0 aliphatic heterocycles. The van der Waals surface area contributed by atoms with Crippen molar-refractivity contribution in [1.82, 2.24) is 0 Å². The molecular weight excluding hydrogens is 156 g/mol. The minimum atomic E-state index is 0.858. The standard InChI is InChI=1S/C13H26/c1-4-7-9-12-13(10-6-3)11-8-5-2/h6,10,13H,4-5,7-9,11-12H2,1-3H3/b10-6+.